The van der Waals surface area contributed by atoms with Crippen molar-refractivity contribution < 1.29 is 4.79 Å². The van der Waals surface area contributed by atoms with Crippen molar-refractivity contribution in [2.24, 2.45) is 5.92 Å². The summed E-state index contributed by atoms with van der Waals surface area (Å²) in [5.74, 6) is 0.573. The van der Waals surface area contributed by atoms with Gasteiger partial charge in [0.2, 0.25) is 0 Å². The lowest BCUT2D eigenvalue weighted by molar-refractivity contribution is 0.0945. The second kappa shape index (κ2) is 9.44. The molecular formula is C20H30ClN3O. The first kappa shape index (κ1) is 18.5. The van der Waals surface area contributed by atoms with E-state index in [0.29, 0.717) is 16.5 Å². The van der Waals surface area contributed by atoms with Crippen LogP contribution < -0.4 is 15.5 Å². The predicted octanol–water partition coefficient (Wildman–Crippen LogP) is 3.84. The number of benzene rings is 1. The van der Waals surface area contributed by atoms with E-state index >= 15 is 0 Å². The number of nitrogens with one attached hydrogen (secondary N) is 2. The monoisotopic (exact) mass is 363 g/mol. The van der Waals surface area contributed by atoms with Crippen LogP contribution in [0, 0.1) is 5.92 Å². The third-order valence-electron chi connectivity index (χ3n) is 5.46. The first-order valence-corrected chi connectivity index (χ1v) is 10.2. The van der Waals surface area contributed by atoms with Gasteiger partial charge in [-0.25, -0.2) is 0 Å². The van der Waals surface area contributed by atoms with Gasteiger partial charge in [0.1, 0.15) is 0 Å². The average molecular weight is 364 g/mol. The van der Waals surface area contributed by atoms with Gasteiger partial charge in [0.25, 0.3) is 5.91 Å². The Kier molecular flexibility index (Phi) is 7.00. The summed E-state index contributed by atoms with van der Waals surface area (Å²) in [5.41, 5.74) is 1.57. The van der Waals surface area contributed by atoms with Crippen molar-refractivity contribution in [2.75, 3.05) is 37.6 Å². The first-order chi connectivity index (χ1) is 12.3. The third kappa shape index (κ3) is 5.11. The van der Waals surface area contributed by atoms with E-state index in [1.54, 1.807) is 0 Å². The van der Waals surface area contributed by atoms with E-state index in [1.165, 1.54) is 44.9 Å². The standard InChI is InChI=1S/C20H30ClN3O/c21-19-17(9-6-10-18(19)24-13-11-22-12-14-24)20(25)23-15-16-7-4-2-1-3-5-8-16/h6,9-10,16,22H,1-5,7-8,11-15H2,(H,23,25). The molecule has 2 N–H and O–H groups in total. The molecule has 2 fully saturated rings. The molecule has 5 heteroatoms. The van der Waals surface area contributed by atoms with Crippen LogP contribution in [-0.4, -0.2) is 38.6 Å². The molecule has 138 valence electrons. The molecule has 1 saturated carbocycles. The Morgan fingerprint density at radius 3 is 2.52 bits per heavy atom. The number of hydrogen-bond donors (Lipinski definition) is 2. The van der Waals surface area contributed by atoms with Crippen LogP contribution in [0.3, 0.4) is 0 Å². The Morgan fingerprint density at radius 2 is 1.80 bits per heavy atom. The minimum atomic E-state index is -0.0379. The van der Waals surface area contributed by atoms with E-state index in [-0.39, 0.29) is 5.91 Å². The van der Waals surface area contributed by atoms with Gasteiger partial charge in [0.15, 0.2) is 0 Å². The van der Waals surface area contributed by atoms with Gasteiger partial charge >= 0.3 is 0 Å². The smallest absolute Gasteiger partial charge is 0.252 e. The average Bonchev–Trinajstić information content (AvgIpc) is 2.61. The fourth-order valence-corrected chi connectivity index (χ4v) is 4.25. The SMILES string of the molecule is O=C(NCC1CCCCCCC1)c1cccc(N2CCNCC2)c1Cl. The highest BCUT2D eigenvalue weighted by molar-refractivity contribution is 6.36. The molecular weight excluding hydrogens is 334 g/mol. The zero-order chi connectivity index (χ0) is 17.5. The van der Waals surface area contributed by atoms with Crippen LogP contribution in [0.2, 0.25) is 5.02 Å². The molecule has 3 rings (SSSR count). The minimum Gasteiger partial charge on any atom is -0.368 e. The summed E-state index contributed by atoms with van der Waals surface area (Å²) in [5, 5.41) is 7.06. The summed E-state index contributed by atoms with van der Waals surface area (Å²) >= 11 is 6.58. The molecule has 25 heavy (non-hydrogen) atoms. The number of anilines is 1. The molecule has 0 unspecified atom stereocenters. The highest BCUT2D eigenvalue weighted by Gasteiger charge is 2.19. The number of nitrogens with zero attached hydrogens (tertiary/aromatic N) is 1. The molecule has 0 radical (unpaired) electrons. The van der Waals surface area contributed by atoms with E-state index < -0.39 is 0 Å². The number of amides is 1. The first-order valence-electron chi connectivity index (χ1n) is 9.78. The van der Waals surface area contributed by atoms with Crippen LogP contribution >= 0.6 is 11.6 Å². The summed E-state index contributed by atoms with van der Waals surface area (Å²) in [7, 11) is 0. The van der Waals surface area contributed by atoms with Gasteiger partial charge in [-0.05, 0) is 30.9 Å². The second-order valence-corrected chi connectivity index (χ2v) is 7.67. The van der Waals surface area contributed by atoms with Gasteiger partial charge in [-0.2, -0.15) is 0 Å². The highest BCUT2D eigenvalue weighted by Crippen LogP contribution is 2.30. The van der Waals surface area contributed by atoms with E-state index in [9.17, 15) is 4.79 Å². The lowest BCUT2D eigenvalue weighted by Gasteiger charge is -2.30. The Bertz CT molecular complexity index is 564. The third-order valence-corrected chi connectivity index (χ3v) is 5.85. The number of hydrogen-bond acceptors (Lipinski definition) is 3. The lowest BCUT2D eigenvalue weighted by Crippen LogP contribution is -2.43. The topological polar surface area (TPSA) is 44.4 Å². The molecule has 2 aliphatic rings. The molecule has 4 nitrogen and oxygen atoms in total. The number of halogens is 1. The molecule has 0 spiro atoms. The van der Waals surface area contributed by atoms with Crippen LogP contribution in [0.4, 0.5) is 5.69 Å². The maximum atomic E-state index is 12.7. The molecule has 0 atom stereocenters. The maximum Gasteiger partial charge on any atom is 0.252 e. The van der Waals surface area contributed by atoms with E-state index in [4.69, 9.17) is 11.6 Å². The lowest BCUT2D eigenvalue weighted by atomic mass is 9.91. The fourth-order valence-electron chi connectivity index (χ4n) is 3.92. The van der Waals surface area contributed by atoms with Crippen LogP contribution in [0.1, 0.15) is 55.3 Å². The highest BCUT2D eigenvalue weighted by atomic mass is 35.5. The molecule has 1 aliphatic carbocycles. The van der Waals surface area contributed by atoms with Gasteiger partial charge in [-0.15, -0.1) is 0 Å². The number of piperazine rings is 1. The minimum absolute atomic E-state index is 0.0379. The van der Waals surface area contributed by atoms with E-state index in [0.717, 1.165) is 38.4 Å². The molecule has 1 aliphatic heterocycles. The van der Waals surface area contributed by atoms with Crippen molar-refractivity contribution in [1.82, 2.24) is 10.6 Å². The molecule has 0 bridgehead atoms. The Balaban J connectivity index is 1.61. The van der Waals surface area contributed by atoms with Crippen molar-refractivity contribution in [3.05, 3.63) is 28.8 Å². The Labute approximate surface area is 156 Å². The summed E-state index contributed by atoms with van der Waals surface area (Å²) in [4.78, 5) is 14.9. The van der Waals surface area contributed by atoms with Gasteiger partial charge < -0.3 is 15.5 Å². The van der Waals surface area contributed by atoms with Crippen molar-refractivity contribution in [3.8, 4) is 0 Å². The molecule has 1 aromatic rings. The van der Waals surface area contributed by atoms with Crippen molar-refractivity contribution in [1.29, 1.82) is 0 Å². The van der Waals surface area contributed by atoms with Gasteiger partial charge in [-0.1, -0.05) is 49.8 Å². The molecule has 0 aromatic heterocycles. The normalized spacial score (nSPS) is 20.0. The maximum absolute atomic E-state index is 12.7. The van der Waals surface area contributed by atoms with Crippen LogP contribution in [-0.2, 0) is 0 Å². The second-order valence-electron chi connectivity index (χ2n) is 7.30. The fraction of sp³-hybridized carbons (Fsp3) is 0.650. The zero-order valence-electron chi connectivity index (χ0n) is 15.0. The molecule has 1 amide bonds. The number of rotatable bonds is 4. The van der Waals surface area contributed by atoms with E-state index in [2.05, 4.69) is 15.5 Å². The predicted molar refractivity (Wildman–Crippen MR) is 105 cm³/mol. The number of carbonyl (C=O) groups excluding carboxylic acids is 1. The van der Waals surface area contributed by atoms with Crippen LogP contribution in [0.15, 0.2) is 18.2 Å². The van der Waals surface area contributed by atoms with Crippen LogP contribution in [0.25, 0.3) is 0 Å². The Morgan fingerprint density at radius 1 is 1.12 bits per heavy atom. The number of carbonyl (C=O) groups is 1. The Hall–Kier alpha value is -1.26. The summed E-state index contributed by atoms with van der Waals surface area (Å²) in [6, 6.07) is 5.79. The quantitative estimate of drug-likeness (QED) is 0.854. The summed E-state index contributed by atoms with van der Waals surface area (Å²) < 4.78 is 0. The van der Waals surface area contributed by atoms with Gasteiger partial charge in [0.05, 0.1) is 16.3 Å². The van der Waals surface area contributed by atoms with Crippen molar-refractivity contribution >= 4 is 23.2 Å². The molecule has 1 saturated heterocycles. The van der Waals surface area contributed by atoms with E-state index in [1.807, 2.05) is 18.2 Å². The van der Waals surface area contributed by atoms with Crippen LogP contribution in [0.5, 0.6) is 0 Å². The van der Waals surface area contributed by atoms with Gasteiger partial charge in [-0.3, -0.25) is 4.79 Å². The zero-order valence-corrected chi connectivity index (χ0v) is 15.8. The van der Waals surface area contributed by atoms with Crippen molar-refractivity contribution in [3.63, 3.8) is 0 Å². The molecule has 1 heterocycles. The van der Waals surface area contributed by atoms with Crippen molar-refractivity contribution in [2.45, 2.75) is 44.9 Å². The summed E-state index contributed by atoms with van der Waals surface area (Å²) in [6.45, 7) is 4.52. The summed E-state index contributed by atoms with van der Waals surface area (Å²) in [6.07, 6.45) is 9.09. The largest absolute Gasteiger partial charge is 0.368 e. The van der Waals surface area contributed by atoms with Gasteiger partial charge in [0, 0.05) is 32.7 Å². The molecule has 1 aromatic carbocycles.